The molecule has 0 radical (unpaired) electrons. The van der Waals surface area contributed by atoms with Crippen molar-refractivity contribution < 1.29 is 22.4 Å². The number of benzene rings is 1. The van der Waals surface area contributed by atoms with Gasteiger partial charge >= 0.3 is 0 Å². The summed E-state index contributed by atoms with van der Waals surface area (Å²) in [7, 11) is -3.98. The first-order chi connectivity index (χ1) is 13.2. The molecule has 0 saturated carbocycles. The number of hydrogen-bond acceptors (Lipinski definition) is 6. The summed E-state index contributed by atoms with van der Waals surface area (Å²) in [6.45, 7) is 1.24. The maximum atomic E-state index is 13.0. The van der Waals surface area contributed by atoms with Crippen LogP contribution in [-0.2, 0) is 14.6 Å². The highest BCUT2D eigenvalue weighted by Crippen LogP contribution is 2.26. The maximum absolute atomic E-state index is 13.0. The molecule has 0 fully saturated rings. The zero-order valence-electron chi connectivity index (χ0n) is 14.5. The molecule has 3 aromatic rings. The van der Waals surface area contributed by atoms with Gasteiger partial charge in [-0.3, -0.25) is 9.59 Å². The van der Waals surface area contributed by atoms with Gasteiger partial charge in [-0.05, 0) is 37.3 Å². The van der Waals surface area contributed by atoms with Crippen molar-refractivity contribution in [3.63, 3.8) is 0 Å². The van der Waals surface area contributed by atoms with Gasteiger partial charge in [0.25, 0.3) is 5.91 Å². The van der Waals surface area contributed by atoms with E-state index in [4.69, 9.17) is 5.73 Å². The van der Waals surface area contributed by atoms with Crippen LogP contribution >= 0.6 is 11.3 Å². The number of carbonyl (C=O) groups is 2. The zero-order chi connectivity index (χ0) is 20.5. The predicted molar refractivity (Wildman–Crippen MR) is 102 cm³/mol. The summed E-state index contributed by atoms with van der Waals surface area (Å²) in [5.41, 5.74) is 6.48. The summed E-state index contributed by atoms with van der Waals surface area (Å²) in [4.78, 5) is 30.3. The van der Waals surface area contributed by atoms with E-state index in [2.05, 4.69) is 15.3 Å². The van der Waals surface area contributed by atoms with Gasteiger partial charge in [-0.2, -0.15) is 0 Å². The SMILES string of the molecule is CC(C(=O)Nc1nc(-c2c[nH]c(C(N)=O)c2)cs1)S(=O)(=O)c1ccc(F)cc1. The largest absolute Gasteiger partial charge is 0.364 e. The van der Waals surface area contributed by atoms with Gasteiger partial charge in [-0.25, -0.2) is 17.8 Å². The first-order valence-electron chi connectivity index (χ1n) is 7.93. The molecule has 4 N–H and O–H groups in total. The minimum absolute atomic E-state index is 0.150. The minimum Gasteiger partial charge on any atom is -0.364 e. The van der Waals surface area contributed by atoms with Gasteiger partial charge in [0.15, 0.2) is 15.0 Å². The number of nitrogens with zero attached hydrogens (tertiary/aromatic N) is 1. The van der Waals surface area contributed by atoms with Crippen LogP contribution in [0.3, 0.4) is 0 Å². The van der Waals surface area contributed by atoms with Crippen molar-refractivity contribution >= 4 is 38.1 Å². The quantitative estimate of drug-likeness (QED) is 0.523. The highest BCUT2D eigenvalue weighted by molar-refractivity contribution is 7.92. The van der Waals surface area contributed by atoms with E-state index in [1.807, 2.05) is 0 Å². The van der Waals surface area contributed by atoms with Crippen molar-refractivity contribution in [3.05, 3.63) is 53.4 Å². The lowest BCUT2D eigenvalue weighted by molar-refractivity contribution is -0.115. The summed E-state index contributed by atoms with van der Waals surface area (Å²) in [5.74, 6) is -1.96. The molecule has 28 heavy (non-hydrogen) atoms. The van der Waals surface area contributed by atoms with Crippen LogP contribution in [0.1, 0.15) is 17.4 Å². The second-order valence-corrected chi connectivity index (χ2v) is 8.96. The van der Waals surface area contributed by atoms with E-state index in [0.29, 0.717) is 11.3 Å². The second kappa shape index (κ2) is 7.52. The van der Waals surface area contributed by atoms with Crippen LogP contribution in [0.4, 0.5) is 9.52 Å². The number of nitrogens with two attached hydrogens (primary N) is 1. The van der Waals surface area contributed by atoms with Crippen LogP contribution in [-0.4, -0.2) is 35.5 Å². The lowest BCUT2D eigenvalue weighted by atomic mass is 10.2. The zero-order valence-corrected chi connectivity index (χ0v) is 16.1. The van der Waals surface area contributed by atoms with Crippen molar-refractivity contribution in [1.29, 1.82) is 0 Å². The summed E-state index contributed by atoms with van der Waals surface area (Å²) in [6.07, 6.45) is 1.54. The molecule has 1 atom stereocenters. The summed E-state index contributed by atoms with van der Waals surface area (Å²) >= 11 is 1.10. The molecule has 0 aliphatic carbocycles. The van der Waals surface area contributed by atoms with Gasteiger partial charge in [0, 0.05) is 17.1 Å². The van der Waals surface area contributed by atoms with Crippen LogP contribution in [0.15, 0.2) is 46.8 Å². The van der Waals surface area contributed by atoms with E-state index < -0.39 is 32.7 Å². The number of rotatable bonds is 6. The molecule has 2 amide bonds. The van der Waals surface area contributed by atoms with Gasteiger partial charge in [-0.1, -0.05) is 0 Å². The number of hydrogen-bond donors (Lipinski definition) is 3. The lowest BCUT2D eigenvalue weighted by Gasteiger charge is -2.12. The van der Waals surface area contributed by atoms with E-state index in [-0.39, 0.29) is 15.7 Å². The average molecular weight is 422 g/mol. The molecule has 0 spiro atoms. The molecule has 0 aliphatic rings. The van der Waals surface area contributed by atoms with Crippen molar-refractivity contribution in [3.8, 4) is 11.3 Å². The predicted octanol–water partition coefficient (Wildman–Crippen LogP) is 2.18. The fraction of sp³-hybridized carbons (Fsp3) is 0.118. The number of aromatic amines is 1. The van der Waals surface area contributed by atoms with Crippen LogP contribution < -0.4 is 11.1 Å². The summed E-state index contributed by atoms with van der Waals surface area (Å²) in [5, 5.41) is 2.90. The molecule has 0 bridgehead atoms. The normalized spacial score (nSPS) is 12.5. The molecule has 11 heteroatoms. The van der Waals surface area contributed by atoms with E-state index >= 15 is 0 Å². The van der Waals surface area contributed by atoms with Gasteiger partial charge < -0.3 is 16.0 Å². The number of carbonyl (C=O) groups excluding carboxylic acids is 2. The third-order valence-corrected chi connectivity index (χ3v) is 6.79. The number of sulfone groups is 1. The monoisotopic (exact) mass is 422 g/mol. The van der Waals surface area contributed by atoms with Crippen LogP contribution in [0.5, 0.6) is 0 Å². The topological polar surface area (TPSA) is 135 Å². The van der Waals surface area contributed by atoms with Gasteiger partial charge in [0.1, 0.15) is 16.8 Å². The molecule has 8 nitrogen and oxygen atoms in total. The molecule has 2 heterocycles. The Morgan fingerprint density at radius 2 is 1.96 bits per heavy atom. The molecular formula is C17H15FN4O4S2. The smallest absolute Gasteiger partial charge is 0.265 e. The van der Waals surface area contributed by atoms with Gasteiger partial charge in [0.2, 0.25) is 5.91 Å². The van der Waals surface area contributed by atoms with E-state index in [9.17, 15) is 22.4 Å². The Hall–Kier alpha value is -3.05. The van der Waals surface area contributed by atoms with Crippen molar-refractivity contribution in [2.24, 2.45) is 5.73 Å². The number of primary amides is 1. The van der Waals surface area contributed by atoms with E-state index in [1.165, 1.54) is 13.0 Å². The molecule has 3 rings (SSSR count). The molecule has 146 valence electrons. The Morgan fingerprint density at radius 3 is 2.57 bits per heavy atom. The van der Waals surface area contributed by atoms with Crippen LogP contribution in [0.2, 0.25) is 0 Å². The molecule has 0 saturated heterocycles. The highest BCUT2D eigenvalue weighted by atomic mass is 32.2. The third kappa shape index (κ3) is 3.94. The summed E-state index contributed by atoms with van der Waals surface area (Å²) in [6, 6.07) is 5.77. The van der Waals surface area contributed by atoms with Crippen molar-refractivity contribution in [2.45, 2.75) is 17.1 Å². The fourth-order valence-electron chi connectivity index (χ4n) is 2.32. The highest BCUT2D eigenvalue weighted by Gasteiger charge is 2.30. The fourth-order valence-corrected chi connectivity index (χ4v) is 4.31. The number of aromatic nitrogens is 2. The molecular weight excluding hydrogens is 407 g/mol. The number of nitrogens with one attached hydrogen (secondary N) is 2. The Labute approximate surface area is 163 Å². The van der Waals surface area contributed by atoms with Crippen LogP contribution in [0, 0.1) is 5.82 Å². The lowest BCUT2D eigenvalue weighted by Crippen LogP contribution is -2.32. The first-order valence-corrected chi connectivity index (χ1v) is 10.4. The van der Waals surface area contributed by atoms with Crippen molar-refractivity contribution in [1.82, 2.24) is 9.97 Å². The standard InChI is InChI=1S/C17H15FN4O4S2/c1-9(28(25,26)12-4-2-11(18)3-5-12)16(24)22-17-21-14(8-27-17)10-6-13(15(19)23)20-7-10/h2-9,20H,1H3,(H2,19,23)(H,21,22,24). The summed E-state index contributed by atoms with van der Waals surface area (Å²) < 4.78 is 38.0. The third-order valence-electron chi connectivity index (χ3n) is 3.96. The maximum Gasteiger partial charge on any atom is 0.265 e. The number of amides is 2. The number of thiazole rings is 1. The molecule has 1 unspecified atom stereocenters. The number of H-pyrrole nitrogens is 1. The Bertz CT molecular complexity index is 1140. The van der Waals surface area contributed by atoms with Gasteiger partial charge in [-0.15, -0.1) is 11.3 Å². The first kappa shape index (κ1) is 19.7. The Morgan fingerprint density at radius 1 is 1.29 bits per heavy atom. The Kier molecular flexibility index (Phi) is 5.29. The molecule has 1 aromatic carbocycles. The second-order valence-electron chi connectivity index (χ2n) is 5.83. The number of halogens is 1. The minimum atomic E-state index is -3.98. The van der Waals surface area contributed by atoms with Gasteiger partial charge in [0.05, 0.1) is 10.6 Å². The Balaban J connectivity index is 1.74. The average Bonchev–Trinajstić information content (AvgIpc) is 3.30. The van der Waals surface area contributed by atoms with E-state index in [1.54, 1.807) is 11.6 Å². The van der Waals surface area contributed by atoms with Crippen LogP contribution in [0.25, 0.3) is 11.3 Å². The number of anilines is 1. The molecule has 0 aliphatic heterocycles. The molecule has 2 aromatic heterocycles. The van der Waals surface area contributed by atoms with Crippen molar-refractivity contribution in [2.75, 3.05) is 5.32 Å². The van der Waals surface area contributed by atoms with E-state index in [0.717, 1.165) is 35.6 Å².